The molecule has 3 aromatic rings. The lowest BCUT2D eigenvalue weighted by atomic mass is 10.0. The molecule has 188 valence electrons. The van der Waals surface area contributed by atoms with Crippen molar-refractivity contribution in [1.29, 1.82) is 0 Å². The highest BCUT2D eigenvalue weighted by atomic mass is 32.2. The van der Waals surface area contributed by atoms with Crippen molar-refractivity contribution in [3.05, 3.63) is 65.5 Å². The van der Waals surface area contributed by atoms with E-state index in [4.69, 9.17) is 4.74 Å². The molecule has 0 aliphatic carbocycles. The average Bonchev–Trinajstić information content (AvgIpc) is 3.20. The Hall–Kier alpha value is -2.80. The van der Waals surface area contributed by atoms with E-state index < -0.39 is 0 Å². The summed E-state index contributed by atoms with van der Waals surface area (Å²) >= 11 is 1.40. The maximum atomic E-state index is 12.7. The van der Waals surface area contributed by atoms with Gasteiger partial charge in [0, 0.05) is 12.2 Å². The van der Waals surface area contributed by atoms with Crippen molar-refractivity contribution in [2.75, 3.05) is 11.1 Å². The predicted molar refractivity (Wildman–Crippen MR) is 144 cm³/mol. The lowest BCUT2D eigenvalue weighted by Gasteiger charge is -2.18. The van der Waals surface area contributed by atoms with E-state index in [1.807, 2.05) is 37.3 Å². The molecule has 0 radical (unpaired) electrons. The zero-order valence-corrected chi connectivity index (χ0v) is 22.7. The predicted octanol–water partition coefficient (Wildman–Crippen LogP) is 7.05. The summed E-state index contributed by atoms with van der Waals surface area (Å²) in [4.78, 5) is 12.7. The first-order valence-electron chi connectivity index (χ1n) is 12.4. The Bertz CT molecular complexity index is 1110. The quantitative estimate of drug-likeness (QED) is 0.289. The summed E-state index contributed by atoms with van der Waals surface area (Å²) in [6.45, 7) is 15.7. The number of nitrogens with zero attached hydrogens (tertiary/aromatic N) is 3. The minimum Gasteiger partial charge on any atom is -0.483 e. The number of carbonyl (C=O) groups is 1. The summed E-state index contributed by atoms with van der Waals surface area (Å²) in [5.74, 6) is 2.98. The van der Waals surface area contributed by atoms with Crippen LogP contribution in [0.25, 0.3) is 0 Å². The molecule has 6 nitrogen and oxygen atoms in total. The van der Waals surface area contributed by atoms with Crippen LogP contribution < -0.4 is 10.1 Å². The van der Waals surface area contributed by atoms with Gasteiger partial charge >= 0.3 is 0 Å². The van der Waals surface area contributed by atoms with Crippen LogP contribution in [-0.4, -0.2) is 26.4 Å². The maximum absolute atomic E-state index is 12.7. The molecule has 1 atom stereocenters. The van der Waals surface area contributed by atoms with E-state index in [0.29, 0.717) is 17.8 Å². The molecule has 7 heteroatoms. The van der Waals surface area contributed by atoms with E-state index in [2.05, 4.69) is 79.8 Å². The molecule has 0 spiro atoms. The van der Waals surface area contributed by atoms with Gasteiger partial charge in [0.15, 0.2) is 17.1 Å². The van der Waals surface area contributed by atoms with Crippen molar-refractivity contribution >= 4 is 23.4 Å². The number of carbonyl (C=O) groups excluding carboxylic acids is 1. The SMILES string of the molecule is CC(C)Cn1c(SCC(=O)Nc2ccccc2C(C)C)nnc1C(C)Oc1ccc(C(C)C)cc1. The van der Waals surface area contributed by atoms with Gasteiger partial charge in [0.25, 0.3) is 0 Å². The molecule has 0 aliphatic heterocycles. The van der Waals surface area contributed by atoms with Gasteiger partial charge in [0.1, 0.15) is 5.75 Å². The van der Waals surface area contributed by atoms with Crippen LogP contribution in [0.2, 0.25) is 0 Å². The van der Waals surface area contributed by atoms with Crippen molar-refractivity contribution < 1.29 is 9.53 Å². The number of ether oxygens (including phenoxy) is 1. The highest BCUT2D eigenvalue weighted by molar-refractivity contribution is 7.99. The Labute approximate surface area is 213 Å². The fourth-order valence-corrected chi connectivity index (χ4v) is 4.62. The van der Waals surface area contributed by atoms with Crippen LogP contribution >= 0.6 is 11.8 Å². The number of aromatic nitrogens is 3. The second kappa shape index (κ2) is 12.2. The molecular formula is C28H38N4O2S. The molecule has 0 bridgehead atoms. The second-order valence-corrected chi connectivity index (χ2v) is 10.9. The first-order chi connectivity index (χ1) is 16.7. The van der Waals surface area contributed by atoms with Crippen LogP contribution in [0.1, 0.15) is 83.4 Å². The van der Waals surface area contributed by atoms with Gasteiger partial charge in [0.2, 0.25) is 5.91 Å². The van der Waals surface area contributed by atoms with Gasteiger partial charge in [-0.15, -0.1) is 10.2 Å². The zero-order valence-electron chi connectivity index (χ0n) is 21.9. The average molecular weight is 495 g/mol. The molecule has 1 heterocycles. The summed E-state index contributed by atoms with van der Waals surface area (Å²) in [6, 6.07) is 16.1. The molecular weight excluding hydrogens is 456 g/mol. The van der Waals surface area contributed by atoms with Gasteiger partial charge in [-0.2, -0.15) is 0 Å². The Morgan fingerprint density at radius 1 is 0.943 bits per heavy atom. The zero-order chi connectivity index (χ0) is 25.5. The van der Waals surface area contributed by atoms with Crippen LogP contribution in [-0.2, 0) is 11.3 Å². The molecule has 0 fully saturated rings. The summed E-state index contributed by atoms with van der Waals surface area (Å²) < 4.78 is 8.28. The number of anilines is 1. The van der Waals surface area contributed by atoms with Gasteiger partial charge in [-0.1, -0.05) is 83.6 Å². The fraction of sp³-hybridized carbons (Fsp3) is 0.464. The molecule has 1 unspecified atom stereocenters. The van der Waals surface area contributed by atoms with Gasteiger partial charge in [-0.25, -0.2) is 0 Å². The Morgan fingerprint density at radius 2 is 1.63 bits per heavy atom. The summed E-state index contributed by atoms with van der Waals surface area (Å²) in [6.07, 6.45) is -0.271. The summed E-state index contributed by atoms with van der Waals surface area (Å²) in [5.41, 5.74) is 3.27. The van der Waals surface area contributed by atoms with E-state index in [-0.39, 0.29) is 17.8 Å². The summed E-state index contributed by atoms with van der Waals surface area (Å²) in [5, 5.41) is 12.6. The van der Waals surface area contributed by atoms with Crippen molar-refractivity contribution in [3.8, 4) is 5.75 Å². The van der Waals surface area contributed by atoms with Crippen molar-refractivity contribution in [3.63, 3.8) is 0 Å². The highest BCUT2D eigenvalue weighted by Crippen LogP contribution is 2.28. The molecule has 0 saturated carbocycles. The minimum atomic E-state index is -0.271. The van der Waals surface area contributed by atoms with Crippen LogP contribution in [0.15, 0.2) is 53.7 Å². The van der Waals surface area contributed by atoms with Gasteiger partial charge in [0.05, 0.1) is 5.75 Å². The van der Waals surface area contributed by atoms with Crippen LogP contribution in [0, 0.1) is 5.92 Å². The highest BCUT2D eigenvalue weighted by Gasteiger charge is 2.21. The maximum Gasteiger partial charge on any atom is 0.234 e. The molecule has 1 N–H and O–H groups in total. The van der Waals surface area contributed by atoms with Crippen LogP contribution in [0.5, 0.6) is 5.75 Å². The third kappa shape index (κ3) is 7.34. The van der Waals surface area contributed by atoms with E-state index in [9.17, 15) is 4.79 Å². The summed E-state index contributed by atoms with van der Waals surface area (Å²) in [7, 11) is 0. The van der Waals surface area contributed by atoms with E-state index in [0.717, 1.165) is 34.5 Å². The molecule has 0 saturated heterocycles. The molecule has 1 aromatic heterocycles. The number of para-hydroxylation sites is 1. The number of rotatable bonds is 11. The van der Waals surface area contributed by atoms with E-state index in [1.165, 1.54) is 17.3 Å². The number of nitrogens with one attached hydrogen (secondary N) is 1. The number of hydrogen-bond donors (Lipinski definition) is 1. The largest absolute Gasteiger partial charge is 0.483 e. The van der Waals surface area contributed by atoms with Crippen molar-refractivity contribution in [2.24, 2.45) is 5.92 Å². The topological polar surface area (TPSA) is 69.0 Å². The number of hydrogen-bond acceptors (Lipinski definition) is 5. The van der Waals surface area contributed by atoms with Crippen LogP contribution in [0.3, 0.4) is 0 Å². The normalized spacial score (nSPS) is 12.4. The molecule has 3 rings (SSSR count). The first kappa shape index (κ1) is 26.8. The van der Waals surface area contributed by atoms with Crippen molar-refractivity contribution in [1.82, 2.24) is 14.8 Å². The molecule has 0 aliphatic rings. The Balaban J connectivity index is 1.70. The van der Waals surface area contributed by atoms with Gasteiger partial charge in [-0.05, 0) is 54.0 Å². The van der Waals surface area contributed by atoms with Gasteiger partial charge in [-0.3, -0.25) is 4.79 Å². The smallest absolute Gasteiger partial charge is 0.234 e. The lowest BCUT2D eigenvalue weighted by molar-refractivity contribution is -0.113. The number of amides is 1. The molecule has 2 aromatic carbocycles. The first-order valence-corrected chi connectivity index (χ1v) is 13.4. The third-order valence-corrected chi connectivity index (χ3v) is 6.67. The number of thioether (sulfide) groups is 1. The number of benzene rings is 2. The second-order valence-electron chi connectivity index (χ2n) is 9.91. The Kier molecular flexibility index (Phi) is 9.38. The molecule has 1 amide bonds. The minimum absolute atomic E-state index is 0.0571. The van der Waals surface area contributed by atoms with Crippen molar-refractivity contribution in [2.45, 2.75) is 78.1 Å². The van der Waals surface area contributed by atoms with Crippen LogP contribution in [0.4, 0.5) is 5.69 Å². The van der Waals surface area contributed by atoms with E-state index in [1.54, 1.807) is 0 Å². The fourth-order valence-electron chi connectivity index (χ4n) is 3.86. The standard InChI is InChI=1S/C28H38N4O2S/c1-18(2)16-32-27(21(7)34-23-14-12-22(13-15-23)19(3)4)30-31-28(32)35-17-26(33)29-25-11-9-8-10-24(25)20(5)6/h8-15,18-21H,16-17H2,1-7H3,(H,29,33). The molecule has 35 heavy (non-hydrogen) atoms. The third-order valence-electron chi connectivity index (χ3n) is 5.71. The Morgan fingerprint density at radius 3 is 2.26 bits per heavy atom. The van der Waals surface area contributed by atoms with E-state index >= 15 is 0 Å². The van der Waals surface area contributed by atoms with Gasteiger partial charge < -0.3 is 14.6 Å². The lowest BCUT2D eigenvalue weighted by Crippen LogP contribution is -2.17. The monoisotopic (exact) mass is 494 g/mol.